The molecule has 42 heavy (non-hydrogen) atoms. The molecule has 1 unspecified atom stereocenters. The van der Waals surface area contributed by atoms with Gasteiger partial charge < -0.3 is 14.4 Å². The highest BCUT2D eigenvalue weighted by Gasteiger charge is 2.44. The number of aldehydes is 1. The molecule has 0 radical (unpaired) electrons. The van der Waals surface area contributed by atoms with Crippen LogP contribution in [0.2, 0.25) is 5.02 Å². The molecule has 226 valence electrons. The molecule has 6 atom stereocenters. The number of rotatable bonds is 1. The summed E-state index contributed by atoms with van der Waals surface area (Å²) in [7, 11) is -3.89. The number of carbonyl (C=O) groups excluding carboxylic acids is 2. The van der Waals surface area contributed by atoms with Crippen molar-refractivity contribution in [2.45, 2.75) is 75.9 Å². The zero-order chi connectivity index (χ0) is 29.6. The fourth-order valence-electron chi connectivity index (χ4n) is 7.80. The molecule has 1 saturated carbocycles. The van der Waals surface area contributed by atoms with Crippen LogP contribution in [0.5, 0.6) is 5.75 Å². The molecule has 7 nitrogen and oxygen atoms in total. The van der Waals surface area contributed by atoms with Crippen molar-refractivity contribution in [3.05, 3.63) is 58.1 Å². The summed E-state index contributed by atoms with van der Waals surface area (Å²) >= 11 is 6.39. The quantitative estimate of drug-likeness (QED) is 0.402. The Morgan fingerprint density at radius 1 is 1.07 bits per heavy atom. The highest BCUT2D eigenvalue weighted by atomic mass is 35.5. The summed E-state index contributed by atoms with van der Waals surface area (Å²) in [6.07, 6.45) is 8.43. The van der Waals surface area contributed by atoms with Crippen LogP contribution in [0.15, 0.2) is 36.4 Å². The summed E-state index contributed by atoms with van der Waals surface area (Å²) < 4.78 is 35.3. The van der Waals surface area contributed by atoms with Crippen LogP contribution in [-0.2, 0) is 26.7 Å². The van der Waals surface area contributed by atoms with Crippen molar-refractivity contribution < 1.29 is 22.7 Å². The minimum absolute atomic E-state index is 0.0315. The third-order valence-corrected chi connectivity index (χ3v) is 12.8. The number of fused-ring (bicyclic) bond motifs is 4. The summed E-state index contributed by atoms with van der Waals surface area (Å²) in [5.41, 5.74) is 3.37. The SMILES string of the molecule is C[C@@H]1[C@@H](C)CCCC(C=O)[C@@H]2CC[C@H]2CN2C[C@@]3(CCCc4cc(Cl)ccc43)COc3ccc(cc32)C(=O)NS1(=O)=O. The lowest BCUT2D eigenvalue weighted by Gasteiger charge is -2.46. The molecular formula is C33H41ClN2O5S. The maximum Gasteiger partial charge on any atom is 0.264 e. The molecule has 4 aliphatic rings. The van der Waals surface area contributed by atoms with E-state index in [4.69, 9.17) is 16.3 Å². The molecule has 2 aliphatic carbocycles. The second-order valence-electron chi connectivity index (χ2n) is 13.2. The lowest BCUT2D eigenvalue weighted by atomic mass is 9.65. The zero-order valence-electron chi connectivity index (χ0n) is 24.5. The smallest absolute Gasteiger partial charge is 0.264 e. The van der Waals surface area contributed by atoms with Crippen molar-refractivity contribution in [2.24, 2.45) is 23.7 Å². The van der Waals surface area contributed by atoms with E-state index < -0.39 is 21.2 Å². The van der Waals surface area contributed by atoms with Crippen molar-refractivity contribution in [3.63, 3.8) is 0 Å². The summed E-state index contributed by atoms with van der Waals surface area (Å²) in [6.45, 7) is 5.54. The summed E-state index contributed by atoms with van der Waals surface area (Å²) in [4.78, 5) is 28.0. The van der Waals surface area contributed by atoms with E-state index >= 15 is 0 Å². The number of amides is 1. The van der Waals surface area contributed by atoms with E-state index in [1.165, 1.54) is 11.1 Å². The number of aryl methyl sites for hydroxylation is 1. The van der Waals surface area contributed by atoms with Gasteiger partial charge in [-0.1, -0.05) is 31.0 Å². The molecule has 2 aromatic rings. The maximum atomic E-state index is 13.3. The number of hydrogen-bond donors (Lipinski definition) is 1. The van der Waals surface area contributed by atoms with E-state index in [2.05, 4.69) is 21.8 Å². The Labute approximate surface area is 254 Å². The molecule has 1 amide bonds. The Balaban J connectivity index is 1.42. The number of nitrogens with one attached hydrogen (secondary N) is 1. The second kappa shape index (κ2) is 11.5. The first-order valence-corrected chi connectivity index (χ1v) is 17.3. The monoisotopic (exact) mass is 612 g/mol. The number of benzene rings is 2. The Bertz CT molecular complexity index is 1480. The number of ether oxygens (including phenoxy) is 1. The van der Waals surface area contributed by atoms with Crippen LogP contribution in [-0.4, -0.2) is 45.6 Å². The molecule has 0 aromatic heterocycles. The van der Waals surface area contributed by atoms with Crippen LogP contribution < -0.4 is 14.4 Å². The largest absolute Gasteiger partial charge is 0.490 e. The average Bonchev–Trinajstić information content (AvgIpc) is 3.10. The minimum Gasteiger partial charge on any atom is -0.490 e. The van der Waals surface area contributed by atoms with E-state index in [9.17, 15) is 18.0 Å². The van der Waals surface area contributed by atoms with Crippen molar-refractivity contribution in [2.75, 3.05) is 24.6 Å². The first-order valence-electron chi connectivity index (χ1n) is 15.4. The fraction of sp³-hybridized carbons (Fsp3) is 0.576. The van der Waals surface area contributed by atoms with Gasteiger partial charge in [0.05, 0.1) is 17.5 Å². The van der Waals surface area contributed by atoms with Gasteiger partial charge in [-0.15, -0.1) is 0 Å². The van der Waals surface area contributed by atoms with Gasteiger partial charge in [-0.25, -0.2) is 13.1 Å². The van der Waals surface area contributed by atoms with Gasteiger partial charge in [-0.3, -0.25) is 4.79 Å². The summed E-state index contributed by atoms with van der Waals surface area (Å²) in [6, 6.07) is 11.4. The number of halogens is 1. The van der Waals surface area contributed by atoms with Crippen molar-refractivity contribution in [1.82, 2.24) is 4.72 Å². The van der Waals surface area contributed by atoms with Gasteiger partial charge >= 0.3 is 0 Å². The molecule has 2 bridgehead atoms. The van der Waals surface area contributed by atoms with E-state index in [-0.39, 0.29) is 17.3 Å². The Hall–Kier alpha value is -2.58. The Morgan fingerprint density at radius 3 is 2.67 bits per heavy atom. The fourth-order valence-corrected chi connectivity index (χ4v) is 9.31. The molecular weight excluding hydrogens is 572 g/mol. The molecule has 9 heteroatoms. The van der Waals surface area contributed by atoms with Crippen molar-refractivity contribution >= 4 is 39.5 Å². The highest BCUT2D eigenvalue weighted by molar-refractivity contribution is 7.90. The molecule has 2 aliphatic heterocycles. The lowest BCUT2D eigenvalue weighted by Crippen LogP contribution is -2.49. The van der Waals surface area contributed by atoms with E-state index in [0.29, 0.717) is 42.7 Å². The van der Waals surface area contributed by atoms with Crippen molar-refractivity contribution in [1.29, 1.82) is 0 Å². The number of sulfonamides is 1. The predicted octanol–water partition coefficient (Wildman–Crippen LogP) is 5.92. The minimum atomic E-state index is -3.89. The van der Waals surface area contributed by atoms with Gasteiger partial charge in [0, 0.05) is 35.0 Å². The van der Waals surface area contributed by atoms with Gasteiger partial charge in [0.25, 0.3) is 5.91 Å². The average molecular weight is 613 g/mol. The third-order valence-electron chi connectivity index (χ3n) is 10.7. The van der Waals surface area contributed by atoms with Gasteiger partial charge in [0.1, 0.15) is 12.0 Å². The lowest BCUT2D eigenvalue weighted by molar-refractivity contribution is -0.115. The number of hydrogen-bond acceptors (Lipinski definition) is 6. The molecule has 1 spiro atoms. The first-order chi connectivity index (χ1) is 20.1. The first kappa shape index (κ1) is 29.5. The highest BCUT2D eigenvalue weighted by Crippen LogP contribution is 2.47. The molecule has 2 aromatic carbocycles. The number of nitrogens with zero attached hydrogens (tertiary/aromatic N) is 1. The zero-order valence-corrected chi connectivity index (χ0v) is 26.1. The molecule has 2 heterocycles. The van der Waals surface area contributed by atoms with Crippen LogP contribution in [0.25, 0.3) is 0 Å². The van der Waals surface area contributed by atoms with E-state index in [1.54, 1.807) is 25.1 Å². The topological polar surface area (TPSA) is 92.8 Å². The van der Waals surface area contributed by atoms with Crippen molar-refractivity contribution in [3.8, 4) is 5.75 Å². The summed E-state index contributed by atoms with van der Waals surface area (Å²) in [5.74, 6) is 0.559. The Kier molecular flexibility index (Phi) is 8.07. The normalized spacial score (nSPS) is 32.8. The number of anilines is 1. The standard InChI is InChI=1S/C33H41ClN2O5S/c1-21-5-3-6-26(18-37)28-11-8-25(28)17-36-19-33(14-4-7-23-15-27(34)10-12-29(23)33)20-41-31-13-9-24(16-30(31)36)32(38)35-42(39,40)22(21)2/h9-10,12-13,15-16,18,21-22,25-26,28H,3-8,11,14,17,19-20H2,1-2H3,(H,35,38)/t21-,22+,25-,26?,28+,33-/m0/s1. The van der Waals surface area contributed by atoms with Crippen LogP contribution in [0, 0.1) is 23.7 Å². The number of carbonyl (C=O) groups is 2. The van der Waals surface area contributed by atoms with E-state index in [0.717, 1.165) is 68.5 Å². The molecule has 6 rings (SSSR count). The van der Waals surface area contributed by atoms with E-state index in [1.807, 2.05) is 13.0 Å². The van der Waals surface area contributed by atoms with Crippen LogP contribution in [0.1, 0.15) is 80.3 Å². The maximum absolute atomic E-state index is 13.3. The van der Waals surface area contributed by atoms with Crippen LogP contribution >= 0.6 is 11.6 Å². The van der Waals surface area contributed by atoms with Gasteiger partial charge in [0.15, 0.2) is 0 Å². The molecule has 1 N–H and O–H groups in total. The predicted molar refractivity (Wildman–Crippen MR) is 165 cm³/mol. The second-order valence-corrected chi connectivity index (χ2v) is 15.7. The van der Waals surface area contributed by atoms with Crippen LogP contribution in [0.3, 0.4) is 0 Å². The summed E-state index contributed by atoms with van der Waals surface area (Å²) in [5, 5.41) is 0.000975. The van der Waals surface area contributed by atoms with Gasteiger partial charge in [-0.2, -0.15) is 0 Å². The van der Waals surface area contributed by atoms with Gasteiger partial charge in [0.2, 0.25) is 10.0 Å². The third kappa shape index (κ3) is 5.45. The van der Waals surface area contributed by atoms with Crippen LogP contribution in [0.4, 0.5) is 5.69 Å². The molecule has 0 saturated heterocycles. The molecule has 1 fully saturated rings. The Morgan fingerprint density at radius 2 is 1.90 bits per heavy atom. The van der Waals surface area contributed by atoms with Gasteiger partial charge in [-0.05, 0) is 111 Å².